The fourth-order valence-electron chi connectivity index (χ4n) is 4.09. The molecular formula is C28H26FN5O3. The number of aromatic nitrogens is 2. The van der Waals surface area contributed by atoms with Crippen molar-refractivity contribution < 1.29 is 18.7 Å². The van der Waals surface area contributed by atoms with Crippen LogP contribution >= 0.6 is 0 Å². The Labute approximate surface area is 213 Å². The van der Waals surface area contributed by atoms with Gasteiger partial charge in [0.1, 0.15) is 5.82 Å². The van der Waals surface area contributed by atoms with Crippen molar-refractivity contribution in [1.82, 2.24) is 9.78 Å². The molecule has 2 N–H and O–H groups in total. The Morgan fingerprint density at radius 2 is 1.65 bits per heavy atom. The smallest absolute Gasteiger partial charge is 0.255 e. The molecule has 2 amide bonds. The van der Waals surface area contributed by atoms with E-state index >= 15 is 0 Å². The second-order valence-corrected chi connectivity index (χ2v) is 8.68. The van der Waals surface area contributed by atoms with Gasteiger partial charge < -0.3 is 20.3 Å². The van der Waals surface area contributed by atoms with E-state index in [0.717, 1.165) is 32.0 Å². The standard InChI is InChI=1S/C28H26FN5O3/c29-22-6-4-20(5-7-22)16-27(35)31-24-18-30-34(19-24)26-3-1-2-21(17-26)28(36)32-23-8-10-25(11-9-23)33-12-14-37-15-13-33/h1-11,17-19H,12-16H2,(H,31,35)(H,32,36). The summed E-state index contributed by atoms with van der Waals surface area (Å²) in [5.41, 5.74) is 4.18. The molecule has 1 aliphatic rings. The number of carbonyl (C=O) groups excluding carboxylic acids is 2. The number of morpholine rings is 1. The van der Waals surface area contributed by atoms with E-state index in [1.165, 1.54) is 18.3 Å². The molecule has 0 unspecified atom stereocenters. The number of hydrogen-bond acceptors (Lipinski definition) is 5. The summed E-state index contributed by atoms with van der Waals surface area (Å²) in [5, 5.41) is 10.0. The second-order valence-electron chi connectivity index (χ2n) is 8.68. The summed E-state index contributed by atoms with van der Waals surface area (Å²) in [5.74, 6) is -0.817. The average molecular weight is 500 g/mol. The van der Waals surface area contributed by atoms with Crippen LogP contribution in [0.1, 0.15) is 15.9 Å². The first kappa shape index (κ1) is 24.2. The van der Waals surface area contributed by atoms with Crippen molar-refractivity contribution >= 4 is 28.9 Å². The molecule has 9 heteroatoms. The lowest BCUT2D eigenvalue weighted by molar-refractivity contribution is -0.115. The quantitative estimate of drug-likeness (QED) is 0.396. The first-order valence-corrected chi connectivity index (χ1v) is 12.0. The number of nitrogens with zero attached hydrogens (tertiary/aromatic N) is 3. The van der Waals surface area contributed by atoms with Crippen LogP contribution in [-0.4, -0.2) is 47.9 Å². The van der Waals surface area contributed by atoms with Crippen molar-refractivity contribution in [2.45, 2.75) is 6.42 Å². The van der Waals surface area contributed by atoms with E-state index in [9.17, 15) is 14.0 Å². The molecule has 4 aromatic rings. The zero-order valence-electron chi connectivity index (χ0n) is 20.1. The van der Waals surface area contributed by atoms with E-state index in [4.69, 9.17) is 4.74 Å². The first-order chi connectivity index (χ1) is 18.0. The number of nitrogens with one attached hydrogen (secondary N) is 2. The van der Waals surface area contributed by atoms with Gasteiger partial charge in [-0.15, -0.1) is 0 Å². The van der Waals surface area contributed by atoms with Gasteiger partial charge in [-0.1, -0.05) is 18.2 Å². The third-order valence-corrected chi connectivity index (χ3v) is 6.02. The number of benzene rings is 3. The predicted octanol–water partition coefficient (Wildman–Crippen LogP) is 4.28. The molecule has 2 heterocycles. The van der Waals surface area contributed by atoms with Crippen LogP contribution in [0.2, 0.25) is 0 Å². The molecule has 0 saturated carbocycles. The number of carbonyl (C=O) groups is 2. The molecule has 37 heavy (non-hydrogen) atoms. The average Bonchev–Trinajstić information content (AvgIpc) is 3.39. The minimum atomic E-state index is -0.344. The van der Waals surface area contributed by atoms with Crippen LogP contribution in [0.15, 0.2) is 85.2 Å². The van der Waals surface area contributed by atoms with E-state index in [1.807, 2.05) is 30.3 Å². The van der Waals surface area contributed by atoms with Gasteiger partial charge in [-0.2, -0.15) is 5.10 Å². The summed E-state index contributed by atoms with van der Waals surface area (Å²) in [6, 6.07) is 20.6. The van der Waals surface area contributed by atoms with Crippen molar-refractivity contribution in [3.05, 3.63) is 102 Å². The summed E-state index contributed by atoms with van der Waals surface area (Å²) in [6.45, 7) is 3.14. The summed E-state index contributed by atoms with van der Waals surface area (Å²) < 4.78 is 20.0. The van der Waals surface area contributed by atoms with E-state index in [-0.39, 0.29) is 24.1 Å². The van der Waals surface area contributed by atoms with Gasteiger partial charge in [-0.25, -0.2) is 9.07 Å². The van der Waals surface area contributed by atoms with E-state index in [2.05, 4.69) is 20.6 Å². The van der Waals surface area contributed by atoms with Crippen molar-refractivity contribution in [3.8, 4) is 5.69 Å². The number of hydrogen-bond donors (Lipinski definition) is 2. The van der Waals surface area contributed by atoms with Gasteiger partial charge >= 0.3 is 0 Å². The van der Waals surface area contributed by atoms with Gasteiger partial charge in [0.25, 0.3) is 5.91 Å². The molecule has 188 valence electrons. The highest BCUT2D eigenvalue weighted by atomic mass is 19.1. The highest BCUT2D eigenvalue weighted by Crippen LogP contribution is 2.20. The molecule has 0 spiro atoms. The maximum atomic E-state index is 13.1. The van der Waals surface area contributed by atoms with Crippen LogP contribution in [0.25, 0.3) is 5.69 Å². The molecule has 1 aromatic heterocycles. The third kappa shape index (κ3) is 6.20. The second kappa shape index (κ2) is 11.0. The summed E-state index contributed by atoms with van der Waals surface area (Å²) in [6.07, 6.45) is 3.32. The molecule has 5 rings (SSSR count). The van der Waals surface area contributed by atoms with Crippen molar-refractivity contribution in [1.29, 1.82) is 0 Å². The Morgan fingerprint density at radius 3 is 2.41 bits per heavy atom. The number of ether oxygens (including phenoxy) is 1. The van der Waals surface area contributed by atoms with Gasteiger partial charge in [0, 0.05) is 30.0 Å². The molecule has 0 atom stereocenters. The van der Waals surface area contributed by atoms with Crippen molar-refractivity contribution in [2.24, 2.45) is 0 Å². The van der Waals surface area contributed by atoms with Crippen LogP contribution in [-0.2, 0) is 16.0 Å². The first-order valence-electron chi connectivity index (χ1n) is 12.0. The molecule has 3 aromatic carbocycles. The van der Waals surface area contributed by atoms with Crippen LogP contribution in [0, 0.1) is 5.82 Å². The Hall–Kier alpha value is -4.50. The minimum Gasteiger partial charge on any atom is -0.378 e. The fourth-order valence-corrected chi connectivity index (χ4v) is 4.09. The number of halogens is 1. The maximum absolute atomic E-state index is 13.1. The van der Waals surface area contributed by atoms with Gasteiger partial charge in [-0.05, 0) is 60.2 Å². The number of anilines is 3. The van der Waals surface area contributed by atoms with Crippen LogP contribution in [0.5, 0.6) is 0 Å². The SMILES string of the molecule is O=C(Cc1ccc(F)cc1)Nc1cnn(-c2cccc(C(=O)Nc3ccc(N4CCOCC4)cc3)c2)c1. The molecule has 0 radical (unpaired) electrons. The highest BCUT2D eigenvalue weighted by Gasteiger charge is 2.13. The van der Waals surface area contributed by atoms with Crippen LogP contribution in [0.4, 0.5) is 21.5 Å². The maximum Gasteiger partial charge on any atom is 0.255 e. The lowest BCUT2D eigenvalue weighted by Crippen LogP contribution is -2.36. The Bertz CT molecular complexity index is 1380. The normalized spacial score (nSPS) is 13.3. The van der Waals surface area contributed by atoms with Crippen LogP contribution < -0.4 is 15.5 Å². The molecule has 1 fully saturated rings. The minimum absolute atomic E-state index is 0.120. The topological polar surface area (TPSA) is 88.5 Å². The largest absolute Gasteiger partial charge is 0.378 e. The molecule has 0 aliphatic carbocycles. The zero-order valence-corrected chi connectivity index (χ0v) is 20.1. The third-order valence-electron chi connectivity index (χ3n) is 6.02. The fraction of sp³-hybridized carbons (Fsp3) is 0.179. The Morgan fingerprint density at radius 1 is 0.892 bits per heavy atom. The molecule has 1 aliphatic heterocycles. The van der Waals surface area contributed by atoms with E-state index < -0.39 is 0 Å². The molecular weight excluding hydrogens is 473 g/mol. The summed E-state index contributed by atoms with van der Waals surface area (Å²) in [7, 11) is 0. The van der Waals surface area contributed by atoms with E-state index in [1.54, 1.807) is 41.2 Å². The van der Waals surface area contributed by atoms with Crippen molar-refractivity contribution in [3.63, 3.8) is 0 Å². The Kier molecular flexibility index (Phi) is 7.23. The van der Waals surface area contributed by atoms with Gasteiger partial charge in [-0.3, -0.25) is 9.59 Å². The van der Waals surface area contributed by atoms with Crippen LogP contribution in [0.3, 0.4) is 0 Å². The van der Waals surface area contributed by atoms with Gasteiger partial charge in [0.2, 0.25) is 5.91 Å². The van der Waals surface area contributed by atoms with E-state index in [0.29, 0.717) is 28.2 Å². The Balaban J connectivity index is 1.20. The lowest BCUT2D eigenvalue weighted by atomic mass is 10.1. The van der Waals surface area contributed by atoms with Crippen molar-refractivity contribution in [2.75, 3.05) is 41.8 Å². The summed E-state index contributed by atoms with van der Waals surface area (Å²) >= 11 is 0. The summed E-state index contributed by atoms with van der Waals surface area (Å²) in [4.78, 5) is 27.5. The monoisotopic (exact) mass is 499 g/mol. The van der Waals surface area contributed by atoms with Gasteiger partial charge in [0.15, 0.2) is 0 Å². The number of amides is 2. The molecule has 0 bridgehead atoms. The number of rotatable bonds is 7. The van der Waals surface area contributed by atoms with Gasteiger partial charge in [0.05, 0.1) is 43.4 Å². The molecule has 1 saturated heterocycles. The highest BCUT2D eigenvalue weighted by molar-refractivity contribution is 6.04. The molecule has 8 nitrogen and oxygen atoms in total. The lowest BCUT2D eigenvalue weighted by Gasteiger charge is -2.28. The zero-order chi connectivity index (χ0) is 25.6. The predicted molar refractivity (Wildman–Crippen MR) is 140 cm³/mol.